The smallest absolute Gasteiger partial charge is 0.125 e. The minimum absolute atomic E-state index is 0.0230. The zero-order valence-corrected chi connectivity index (χ0v) is 13.1. The number of anilines is 1. The van der Waals surface area contributed by atoms with Crippen LogP contribution in [-0.2, 0) is 0 Å². The van der Waals surface area contributed by atoms with Crippen LogP contribution < -0.4 is 5.32 Å². The van der Waals surface area contributed by atoms with Crippen LogP contribution in [0.25, 0.3) is 0 Å². The summed E-state index contributed by atoms with van der Waals surface area (Å²) in [5.41, 5.74) is 1.16. The third kappa shape index (κ3) is 5.02. The average Bonchev–Trinajstić information content (AvgIpc) is 2.98. The Morgan fingerprint density at radius 1 is 1.45 bits per heavy atom. The minimum Gasteiger partial charge on any atom is -0.370 e. The van der Waals surface area contributed by atoms with Gasteiger partial charge in [-0.15, -0.1) is 0 Å². The summed E-state index contributed by atoms with van der Waals surface area (Å²) in [6.45, 7) is 5.80. The molecule has 0 aliphatic carbocycles. The fourth-order valence-corrected chi connectivity index (χ4v) is 2.81. The summed E-state index contributed by atoms with van der Waals surface area (Å²) in [4.78, 5) is 6.70. The number of hydrogen-bond donors (Lipinski definition) is 1. The van der Waals surface area contributed by atoms with E-state index >= 15 is 0 Å². The van der Waals surface area contributed by atoms with Gasteiger partial charge in [-0.2, -0.15) is 10.5 Å². The van der Waals surface area contributed by atoms with Crippen molar-refractivity contribution in [3.8, 4) is 12.1 Å². The van der Waals surface area contributed by atoms with Crippen LogP contribution in [0.3, 0.4) is 0 Å². The van der Waals surface area contributed by atoms with E-state index in [0.717, 1.165) is 44.0 Å². The van der Waals surface area contributed by atoms with Gasteiger partial charge in [-0.05, 0) is 43.9 Å². The average molecular weight is 297 g/mol. The first kappa shape index (κ1) is 16.3. The maximum Gasteiger partial charge on any atom is 0.125 e. The topological polar surface area (TPSA) is 75.7 Å². The molecular weight excluding hydrogens is 274 g/mol. The molecule has 1 aliphatic heterocycles. The van der Waals surface area contributed by atoms with Crippen molar-refractivity contribution in [2.45, 2.75) is 26.2 Å². The van der Waals surface area contributed by atoms with E-state index < -0.39 is 0 Å². The molecule has 116 valence electrons. The standard InChI is InChI=1S/C17H23N5/c1-14-4-5-17(20-10-14)21-11-16-6-8-22(13-16)12-15(9-19)3-2-7-18/h4-5,10,15-16H,2-3,6,8,11-13H2,1H3,(H,20,21)/t15-,16-/m0/s1. The molecule has 1 fully saturated rings. The normalized spacial score (nSPS) is 19.3. The van der Waals surface area contributed by atoms with E-state index in [9.17, 15) is 0 Å². The Morgan fingerprint density at radius 3 is 3.00 bits per heavy atom. The van der Waals surface area contributed by atoms with Crippen LogP contribution in [0.5, 0.6) is 0 Å². The first-order chi connectivity index (χ1) is 10.7. The summed E-state index contributed by atoms with van der Waals surface area (Å²) in [6, 6.07) is 8.51. The van der Waals surface area contributed by atoms with Crippen LogP contribution in [0, 0.1) is 41.4 Å². The zero-order valence-electron chi connectivity index (χ0n) is 13.1. The Morgan fingerprint density at radius 2 is 2.32 bits per heavy atom. The van der Waals surface area contributed by atoms with Crippen LogP contribution >= 0.6 is 0 Å². The molecule has 1 N–H and O–H groups in total. The van der Waals surface area contributed by atoms with Gasteiger partial charge < -0.3 is 10.2 Å². The third-order valence-electron chi connectivity index (χ3n) is 4.12. The van der Waals surface area contributed by atoms with Crippen molar-refractivity contribution < 1.29 is 0 Å². The molecule has 0 aromatic carbocycles. The van der Waals surface area contributed by atoms with Gasteiger partial charge in [0.1, 0.15) is 5.82 Å². The lowest BCUT2D eigenvalue weighted by Crippen LogP contribution is -2.28. The highest BCUT2D eigenvalue weighted by Gasteiger charge is 2.24. The molecule has 0 amide bonds. The van der Waals surface area contributed by atoms with E-state index in [-0.39, 0.29) is 5.92 Å². The Hall–Kier alpha value is -2.11. The molecule has 0 radical (unpaired) electrons. The van der Waals surface area contributed by atoms with Gasteiger partial charge in [0.05, 0.1) is 18.1 Å². The Kier molecular flexibility index (Phi) is 6.18. The van der Waals surface area contributed by atoms with E-state index in [1.54, 1.807) is 0 Å². The van der Waals surface area contributed by atoms with Gasteiger partial charge in [-0.25, -0.2) is 4.98 Å². The lowest BCUT2D eigenvalue weighted by molar-refractivity contribution is 0.290. The number of rotatable bonds is 7. The van der Waals surface area contributed by atoms with E-state index in [1.165, 1.54) is 0 Å². The molecule has 0 bridgehead atoms. The van der Waals surface area contributed by atoms with Crippen molar-refractivity contribution in [2.75, 3.05) is 31.5 Å². The van der Waals surface area contributed by atoms with Gasteiger partial charge in [0.25, 0.3) is 0 Å². The molecule has 5 heteroatoms. The fraction of sp³-hybridized carbons (Fsp3) is 0.588. The van der Waals surface area contributed by atoms with Gasteiger partial charge in [0.2, 0.25) is 0 Å². The molecule has 2 heterocycles. The minimum atomic E-state index is -0.0230. The molecule has 0 saturated carbocycles. The van der Waals surface area contributed by atoms with Crippen LogP contribution in [0.2, 0.25) is 0 Å². The van der Waals surface area contributed by atoms with Crippen molar-refractivity contribution in [2.24, 2.45) is 11.8 Å². The molecule has 2 atom stereocenters. The summed E-state index contributed by atoms with van der Waals surface area (Å²) in [7, 11) is 0. The van der Waals surface area contributed by atoms with E-state index in [0.29, 0.717) is 18.8 Å². The number of pyridine rings is 1. The second kappa shape index (κ2) is 8.36. The summed E-state index contributed by atoms with van der Waals surface area (Å²) < 4.78 is 0. The van der Waals surface area contributed by atoms with E-state index in [4.69, 9.17) is 10.5 Å². The molecule has 5 nitrogen and oxygen atoms in total. The number of aromatic nitrogens is 1. The molecule has 2 rings (SSSR count). The highest BCUT2D eigenvalue weighted by Crippen LogP contribution is 2.19. The maximum atomic E-state index is 9.15. The van der Waals surface area contributed by atoms with Crippen molar-refractivity contribution in [3.63, 3.8) is 0 Å². The predicted octanol–water partition coefficient (Wildman–Crippen LogP) is 2.57. The van der Waals surface area contributed by atoms with Crippen molar-refractivity contribution in [3.05, 3.63) is 23.9 Å². The van der Waals surface area contributed by atoms with Crippen molar-refractivity contribution in [1.29, 1.82) is 10.5 Å². The van der Waals surface area contributed by atoms with Gasteiger partial charge in [-0.3, -0.25) is 0 Å². The second-order valence-electron chi connectivity index (χ2n) is 6.04. The van der Waals surface area contributed by atoms with Gasteiger partial charge >= 0.3 is 0 Å². The van der Waals surface area contributed by atoms with Crippen LogP contribution in [0.4, 0.5) is 5.82 Å². The quantitative estimate of drug-likeness (QED) is 0.837. The Balaban J connectivity index is 1.72. The van der Waals surface area contributed by atoms with Gasteiger partial charge in [-0.1, -0.05) is 6.07 Å². The number of nitrogens with zero attached hydrogens (tertiary/aromatic N) is 4. The second-order valence-corrected chi connectivity index (χ2v) is 6.04. The first-order valence-electron chi connectivity index (χ1n) is 7.86. The van der Waals surface area contributed by atoms with Crippen LogP contribution in [0.15, 0.2) is 18.3 Å². The lowest BCUT2D eigenvalue weighted by atomic mass is 10.1. The lowest BCUT2D eigenvalue weighted by Gasteiger charge is -2.19. The number of hydrogen-bond acceptors (Lipinski definition) is 5. The number of nitriles is 2. The van der Waals surface area contributed by atoms with E-state index in [2.05, 4.69) is 33.4 Å². The molecule has 22 heavy (non-hydrogen) atoms. The molecule has 1 aromatic heterocycles. The van der Waals surface area contributed by atoms with Crippen LogP contribution in [0.1, 0.15) is 24.8 Å². The summed E-state index contributed by atoms with van der Waals surface area (Å²) >= 11 is 0. The maximum absolute atomic E-state index is 9.15. The number of aryl methyl sites for hydroxylation is 1. The molecule has 1 aromatic rings. The largest absolute Gasteiger partial charge is 0.370 e. The number of likely N-dealkylation sites (tertiary alicyclic amines) is 1. The third-order valence-corrected chi connectivity index (χ3v) is 4.12. The Bertz CT molecular complexity index is 540. The summed E-state index contributed by atoms with van der Waals surface area (Å²) in [5.74, 6) is 1.50. The fourth-order valence-electron chi connectivity index (χ4n) is 2.81. The predicted molar refractivity (Wildman–Crippen MR) is 86.0 cm³/mol. The highest BCUT2D eigenvalue weighted by atomic mass is 15.2. The van der Waals surface area contributed by atoms with Crippen molar-refractivity contribution in [1.82, 2.24) is 9.88 Å². The first-order valence-corrected chi connectivity index (χ1v) is 7.86. The number of nitrogens with one attached hydrogen (secondary N) is 1. The van der Waals surface area contributed by atoms with E-state index in [1.807, 2.05) is 19.2 Å². The summed E-state index contributed by atoms with van der Waals surface area (Å²) in [5, 5.41) is 21.2. The molecule has 1 aliphatic rings. The zero-order chi connectivity index (χ0) is 15.8. The molecule has 1 saturated heterocycles. The van der Waals surface area contributed by atoms with Crippen LogP contribution in [-0.4, -0.2) is 36.1 Å². The molecule has 0 spiro atoms. The monoisotopic (exact) mass is 297 g/mol. The van der Waals surface area contributed by atoms with Gasteiger partial charge in [0, 0.05) is 32.3 Å². The molecular formula is C17H23N5. The molecule has 0 unspecified atom stereocenters. The SMILES string of the molecule is Cc1ccc(NC[C@@H]2CCN(C[C@H](C#N)CCC#N)C2)nc1. The van der Waals surface area contributed by atoms with Crippen molar-refractivity contribution >= 4 is 5.82 Å². The Labute approximate surface area is 132 Å². The highest BCUT2D eigenvalue weighted by molar-refractivity contribution is 5.35. The summed E-state index contributed by atoms with van der Waals surface area (Å²) in [6.07, 6.45) is 4.17. The van der Waals surface area contributed by atoms with Gasteiger partial charge in [0.15, 0.2) is 0 Å².